The fourth-order valence-electron chi connectivity index (χ4n) is 5.97. The number of alkyl halides is 3. The average Bonchev–Trinajstić information content (AvgIpc) is 3.28. The second kappa shape index (κ2) is 11.6. The second-order valence-electron chi connectivity index (χ2n) is 13.1. The number of fused-ring (bicyclic) bond motifs is 1. The van der Waals surface area contributed by atoms with Crippen LogP contribution in [0.4, 0.5) is 13.2 Å². The summed E-state index contributed by atoms with van der Waals surface area (Å²) < 4.78 is 60.2. The van der Waals surface area contributed by atoms with Crippen molar-refractivity contribution in [2.75, 3.05) is 0 Å². The van der Waals surface area contributed by atoms with Gasteiger partial charge in [0.15, 0.2) is 0 Å². The zero-order valence-corrected chi connectivity index (χ0v) is 25.5. The maximum atomic E-state index is 14.4. The summed E-state index contributed by atoms with van der Waals surface area (Å²) >= 11 is 0. The molecule has 3 aromatic rings. The maximum absolute atomic E-state index is 14.4. The number of halogens is 3. The minimum absolute atomic E-state index is 0.00195. The third kappa shape index (κ3) is 6.91. The van der Waals surface area contributed by atoms with Crippen molar-refractivity contribution in [2.45, 2.75) is 96.7 Å². The number of aryl methyl sites for hydroxylation is 1. The lowest BCUT2D eigenvalue weighted by Gasteiger charge is -2.43. The van der Waals surface area contributed by atoms with Gasteiger partial charge in [0.25, 0.3) is 0 Å². The maximum Gasteiger partial charge on any atom is 0.398 e. The molecule has 4 unspecified atom stereocenters. The molecule has 4 rings (SSSR count). The number of carbonyl (C=O) groups is 1. The molecule has 43 heavy (non-hydrogen) atoms. The van der Waals surface area contributed by atoms with Crippen LogP contribution in [0.1, 0.15) is 66.4 Å². The Morgan fingerprint density at radius 2 is 1.60 bits per heavy atom. The number of esters is 1. The molecule has 4 atom stereocenters. The molecule has 0 amide bonds. The number of benzene rings is 2. The number of hydrogen-bond acceptors (Lipinski definition) is 7. The predicted octanol–water partition coefficient (Wildman–Crippen LogP) is 6.52. The molecule has 0 radical (unpaired) electrons. The van der Waals surface area contributed by atoms with Crippen molar-refractivity contribution in [1.82, 2.24) is 0 Å². The van der Waals surface area contributed by atoms with E-state index in [1.165, 1.54) is 6.07 Å². The van der Waals surface area contributed by atoms with Crippen molar-refractivity contribution < 1.29 is 31.9 Å². The van der Waals surface area contributed by atoms with Crippen LogP contribution in [-0.4, -0.2) is 35.4 Å². The van der Waals surface area contributed by atoms with Crippen molar-refractivity contribution in [3.8, 4) is 16.9 Å². The van der Waals surface area contributed by atoms with E-state index in [0.717, 1.165) is 17.5 Å². The van der Waals surface area contributed by atoms with Crippen molar-refractivity contribution in [3.63, 3.8) is 0 Å². The largest absolute Gasteiger partial charge is 0.489 e. The topological polar surface area (TPSA) is 118 Å². The smallest absolute Gasteiger partial charge is 0.398 e. The molecule has 1 aliphatic carbocycles. The van der Waals surface area contributed by atoms with Crippen molar-refractivity contribution >= 4 is 16.9 Å². The molecule has 0 aliphatic heterocycles. The van der Waals surface area contributed by atoms with Gasteiger partial charge in [-0.15, -0.1) is 0 Å². The normalized spacial score (nSPS) is 21.0. The van der Waals surface area contributed by atoms with Crippen LogP contribution in [0, 0.1) is 11.3 Å². The number of ether oxygens (including phenoxy) is 2. The van der Waals surface area contributed by atoms with Gasteiger partial charge in [-0.2, -0.15) is 13.2 Å². The summed E-state index contributed by atoms with van der Waals surface area (Å²) in [5.41, 5.74) is 11.0. The van der Waals surface area contributed by atoms with E-state index in [1.54, 1.807) is 52.8 Å². The number of hydrogen-bond donors (Lipinski definition) is 2. The molecule has 4 N–H and O–H groups in total. The van der Waals surface area contributed by atoms with E-state index < -0.39 is 52.4 Å². The van der Waals surface area contributed by atoms with Crippen molar-refractivity contribution in [1.29, 1.82) is 0 Å². The summed E-state index contributed by atoms with van der Waals surface area (Å²) in [5, 5.41) is 0.602. The lowest BCUT2D eigenvalue weighted by Crippen LogP contribution is -2.59. The van der Waals surface area contributed by atoms with Gasteiger partial charge in [0.05, 0.1) is 11.0 Å². The lowest BCUT2D eigenvalue weighted by molar-refractivity contribution is -0.219. The van der Waals surface area contributed by atoms with Crippen LogP contribution in [0.3, 0.4) is 0 Å². The van der Waals surface area contributed by atoms with Gasteiger partial charge in [-0.1, -0.05) is 31.2 Å². The summed E-state index contributed by atoms with van der Waals surface area (Å²) in [6.07, 6.45) is -6.69. The van der Waals surface area contributed by atoms with E-state index in [1.807, 2.05) is 31.2 Å². The third-order valence-electron chi connectivity index (χ3n) is 8.54. The highest BCUT2D eigenvalue weighted by atomic mass is 19.4. The molecule has 1 heterocycles. The number of nitrogens with two attached hydrogens (primary N) is 2. The van der Waals surface area contributed by atoms with Crippen molar-refractivity contribution in [3.05, 3.63) is 64.5 Å². The molecule has 0 bridgehead atoms. The van der Waals surface area contributed by atoms with Gasteiger partial charge >= 0.3 is 17.8 Å². The Balaban J connectivity index is 1.59. The van der Waals surface area contributed by atoms with E-state index in [-0.39, 0.29) is 30.6 Å². The fourth-order valence-corrected chi connectivity index (χ4v) is 5.97. The van der Waals surface area contributed by atoms with Gasteiger partial charge in [-0.3, -0.25) is 4.79 Å². The SMILES string of the molecule is CCc1ccccc1-c1cc2ccc(OC3CCC(OC(=O)C(C)(CC(C)(C)N)C(C)(C)N)C3C(F)(F)F)cc2oc1=O. The predicted molar refractivity (Wildman–Crippen MR) is 160 cm³/mol. The minimum Gasteiger partial charge on any atom is -0.489 e. The monoisotopic (exact) mass is 602 g/mol. The number of rotatable bonds is 9. The standard InChI is InChI=1S/C33H41F3N2O5/c1-7-19-10-8-9-11-22(19)23-16-20-12-13-21(17-26(20)42-28(23)39)41-24-14-15-25(27(24)33(34,35)36)43-29(40)32(6,31(4,5)38)18-30(2,3)37/h8-13,16-17,24-25,27H,7,14-15,18,37-38H2,1-6H3. The quantitative estimate of drug-likeness (QED) is 0.211. The first-order chi connectivity index (χ1) is 19.8. The van der Waals surface area contributed by atoms with Crippen LogP contribution in [0.5, 0.6) is 5.75 Å². The van der Waals surface area contributed by atoms with Crippen LogP contribution >= 0.6 is 0 Å². The Labute approximate surface area is 249 Å². The van der Waals surface area contributed by atoms with Crippen LogP contribution in [-0.2, 0) is 16.0 Å². The molecule has 1 aromatic heterocycles. The zero-order valence-electron chi connectivity index (χ0n) is 25.5. The molecular weight excluding hydrogens is 561 g/mol. The number of carbonyl (C=O) groups excluding carboxylic acids is 1. The zero-order chi connectivity index (χ0) is 32.0. The minimum atomic E-state index is -4.71. The Hall–Kier alpha value is -3.37. The molecule has 2 aromatic carbocycles. The molecule has 1 saturated carbocycles. The molecule has 1 aliphatic rings. The van der Waals surface area contributed by atoms with Crippen LogP contribution in [0.15, 0.2) is 57.7 Å². The molecule has 234 valence electrons. The Bertz CT molecular complexity index is 1540. The van der Waals surface area contributed by atoms with E-state index in [9.17, 15) is 22.8 Å². The van der Waals surface area contributed by atoms with Gasteiger partial charge in [-0.05, 0) is 89.6 Å². The summed E-state index contributed by atoms with van der Waals surface area (Å²) in [5.74, 6) is -2.78. The second-order valence-corrected chi connectivity index (χ2v) is 13.1. The van der Waals surface area contributed by atoms with Gasteiger partial charge in [0, 0.05) is 22.5 Å². The van der Waals surface area contributed by atoms with Crippen molar-refractivity contribution in [2.24, 2.45) is 22.8 Å². The highest BCUT2D eigenvalue weighted by Crippen LogP contribution is 2.45. The fraction of sp³-hybridized carbons (Fsp3) is 0.515. The summed E-state index contributed by atoms with van der Waals surface area (Å²) in [7, 11) is 0. The summed E-state index contributed by atoms with van der Waals surface area (Å²) in [6.45, 7) is 10.3. The summed E-state index contributed by atoms with van der Waals surface area (Å²) in [6, 6.07) is 13.8. The first kappa shape index (κ1) is 32.5. The highest BCUT2D eigenvalue weighted by Gasteiger charge is 2.57. The Kier molecular flexibility index (Phi) is 8.79. The summed E-state index contributed by atoms with van der Waals surface area (Å²) in [4.78, 5) is 26.3. The van der Waals surface area contributed by atoms with Gasteiger partial charge in [0.2, 0.25) is 0 Å². The van der Waals surface area contributed by atoms with E-state index in [4.69, 9.17) is 25.4 Å². The van der Waals surface area contributed by atoms with E-state index in [2.05, 4.69) is 0 Å². The van der Waals surface area contributed by atoms with Gasteiger partial charge in [-0.25, -0.2) is 4.79 Å². The van der Waals surface area contributed by atoms with Gasteiger partial charge in [0.1, 0.15) is 29.5 Å². The first-order valence-electron chi connectivity index (χ1n) is 14.5. The van der Waals surface area contributed by atoms with Crippen LogP contribution in [0.2, 0.25) is 0 Å². The molecule has 10 heteroatoms. The van der Waals surface area contributed by atoms with Crippen LogP contribution < -0.4 is 21.8 Å². The Morgan fingerprint density at radius 1 is 0.953 bits per heavy atom. The first-order valence-corrected chi connectivity index (χ1v) is 14.5. The Morgan fingerprint density at radius 3 is 2.21 bits per heavy atom. The molecule has 0 spiro atoms. The third-order valence-corrected chi connectivity index (χ3v) is 8.54. The molecule has 0 saturated heterocycles. The lowest BCUT2D eigenvalue weighted by atomic mass is 9.67. The average molecular weight is 603 g/mol. The van der Waals surface area contributed by atoms with Gasteiger partial charge < -0.3 is 25.4 Å². The van der Waals surface area contributed by atoms with E-state index in [0.29, 0.717) is 10.9 Å². The molecule has 7 nitrogen and oxygen atoms in total. The molecular formula is C33H41F3N2O5. The van der Waals surface area contributed by atoms with Crippen LogP contribution in [0.25, 0.3) is 22.1 Å². The molecule has 1 fully saturated rings. The highest BCUT2D eigenvalue weighted by molar-refractivity contribution is 5.83. The van der Waals surface area contributed by atoms with E-state index >= 15 is 0 Å².